The van der Waals surface area contributed by atoms with Crippen molar-refractivity contribution in [2.75, 3.05) is 57.0 Å². The molecule has 4 rings (SSSR count). The van der Waals surface area contributed by atoms with Gasteiger partial charge in [0.25, 0.3) is 0 Å². The average molecular weight is 412 g/mol. The number of ether oxygens (including phenoxy) is 1. The zero-order valence-corrected chi connectivity index (χ0v) is 17.8. The van der Waals surface area contributed by atoms with E-state index in [4.69, 9.17) is 10.5 Å². The Kier molecular flexibility index (Phi) is 7.09. The van der Waals surface area contributed by atoms with Crippen molar-refractivity contribution >= 4 is 17.6 Å². The molecule has 8 nitrogen and oxygen atoms in total. The second-order valence-corrected chi connectivity index (χ2v) is 8.26. The summed E-state index contributed by atoms with van der Waals surface area (Å²) in [5, 5.41) is 3.22. The molecule has 3 N–H and O–H groups in total. The zero-order chi connectivity index (χ0) is 20.8. The van der Waals surface area contributed by atoms with Crippen molar-refractivity contribution in [1.29, 1.82) is 0 Å². The van der Waals surface area contributed by atoms with E-state index >= 15 is 0 Å². The number of likely N-dealkylation sites (tertiary alicyclic amines) is 1. The third-order valence-corrected chi connectivity index (χ3v) is 6.23. The fourth-order valence-electron chi connectivity index (χ4n) is 4.28. The van der Waals surface area contributed by atoms with E-state index in [-0.39, 0.29) is 12.0 Å². The Morgan fingerprint density at radius 3 is 2.53 bits per heavy atom. The van der Waals surface area contributed by atoms with E-state index < -0.39 is 0 Å². The van der Waals surface area contributed by atoms with Gasteiger partial charge in [0.05, 0.1) is 19.3 Å². The first-order valence-electron chi connectivity index (χ1n) is 11.0. The Labute approximate surface area is 178 Å². The molecule has 2 aromatic rings. The molecule has 30 heavy (non-hydrogen) atoms. The van der Waals surface area contributed by atoms with Gasteiger partial charge in [-0.2, -0.15) is 15.0 Å². The molecule has 1 aromatic heterocycles. The summed E-state index contributed by atoms with van der Waals surface area (Å²) in [6, 6.07) is 9.99. The molecule has 0 radical (unpaired) electrons. The number of nitrogens with zero attached hydrogens (tertiary/aromatic N) is 5. The lowest BCUT2D eigenvalue weighted by molar-refractivity contribution is 0.0328. The molecule has 2 saturated heterocycles. The van der Waals surface area contributed by atoms with Gasteiger partial charge in [-0.1, -0.05) is 18.2 Å². The molecule has 0 amide bonds. The highest BCUT2D eigenvalue weighted by atomic mass is 16.5. The van der Waals surface area contributed by atoms with Crippen LogP contribution in [0.1, 0.15) is 38.1 Å². The Balaban J connectivity index is 1.30. The van der Waals surface area contributed by atoms with E-state index in [9.17, 15) is 0 Å². The summed E-state index contributed by atoms with van der Waals surface area (Å²) in [5.74, 6) is 2.28. The molecule has 2 fully saturated rings. The molecule has 162 valence electrons. The topological polar surface area (TPSA) is 92.4 Å². The minimum Gasteiger partial charge on any atom is -0.379 e. The summed E-state index contributed by atoms with van der Waals surface area (Å²) in [6.07, 6.45) is 3.74. The van der Waals surface area contributed by atoms with Crippen LogP contribution in [0, 0.1) is 5.92 Å². The minimum atomic E-state index is 0.117. The maximum atomic E-state index is 5.98. The largest absolute Gasteiger partial charge is 0.379 e. The van der Waals surface area contributed by atoms with E-state index in [1.807, 2.05) is 30.3 Å². The van der Waals surface area contributed by atoms with Crippen LogP contribution < -0.4 is 11.1 Å². The summed E-state index contributed by atoms with van der Waals surface area (Å²) in [5.41, 5.74) is 6.91. The predicted octanol–water partition coefficient (Wildman–Crippen LogP) is 2.69. The average Bonchev–Trinajstić information content (AvgIpc) is 2.78. The van der Waals surface area contributed by atoms with E-state index in [2.05, 4.69) is 37.0 Å². The lowest BCUT2D eigenvalue weighted by atomic mass is 9.92. The van der Waals surface area contributed by atoms with Crippen LogP contribution in [0.3, 0.4) is 0 Å². The van der Waals surface area contributed by atoms with Crippen LogP contribution >= 0.6 is 0 Å². The number of hydrogen-bond acceptors (Lipinski definition) is 8. The number of anilines is 3. The number of para-hydroxylation sites is 1. The fourth-order valence-corrected chi connectivity index (χ4v) is 4.28. The molecule has 8 heteroatoms. The summed E-state index contributed by atoms with van der Waals surface area (Å²) in [4.78, 5) is 18.3. The van der Waals surface area contributed by atoms with E-state index in [1.165, 1.54) is 25.8 Å². The molecular formula is C22H33N7O. The smallest absolute Gasteiger partial charge is 0.232 e. The summed E-state index contributed by atoms with van der Waals surface area (Å²) in [7, 11) is 0. The molecule has 0 aliphatic carbocycles. The van der Waals surface area contributed by atoms with Crippen LogP contribution in [0.15, 0.2) is 30.3 Å². The second-order valence-electron chi connectivity index (χ2n) is 8.26. The van der Waals surface area contributed by atoms with E-state index in [1.54, 1.807) is 0 Å². The second kappa shape index (κ2) is 10.1. The Morgan fingerprint density at radius 2 is 1.80 bits per heavy atom. The van der Waals surface area contributed by atoms with Crippen LogP contribution in [-0.2, 0) is 4.74 Å². The third-order valence-electron chi connectivity index (χ3n) is 6.23. The monoisotopic (exact) mass is 411 g/mol. The fraction of sp³-hybridized carbons (Fsp3) is 0.591. The molecule has 1 atom stereocenters. The highest BCUT2D eigenvalue weighted by Crippen LogP contribution is 2.27. The van der Waals surface area contributed by atoms with Gasteiger partial charge in [0.15, 0.2) is 5.82 Å². The highest BCUT2D eigenvalue weighted by molar-refractivity contribution is 5.53. The van der Waals surface area contributed by atoms with Gasteiger partial charge in [-0.15, -0.1) is 0 Å². The maximum absolute atomic E-state index is 5.98. The maximum Gasteiger partial charge on any atom is 0.232 e. The Bertz CT molecular complexity index is 789. The minimum absolute atomic E-state index is 0.117. The molecule has 1 unspecified atom stereocenters. The van der Waals surface area contributed by atoms with Gasteiger partial charge < -0.3 is 15.8 Å². The zero-order valence-electron chi connectivity index (χ0n) is 17.8. The summed E-state index contributed by atoms with van der Waals surface area (Å²) < 4.78 is 5.45. The normalized spacial score (nSPS) is 20.2. The van der Waals surface area contributed by atoms with Crippen molar-refractivity contribution in [1.82, 2.24) is 24.8 Å². The van der Waals surface area contributed by atoms with Crippen molar-refractivity contribution in [2.24, 2.45) is 5.92 Å². The third kappa shape index (κ3) is 5.65. The Morgan fingerprint density at radius 1 is 1.07 bits per heavy atom. The first kappa shape index (κ1) is 21.0. The SMILES string of the molecule is CC(c1nc(N)nc(Nc2ccccc2)n1)N1CCC(CCN2CCOCC2)CC1. The Hall–Kier alpha value is -2.29. The van der Waals surface area contributed by atoms with Gasteiger partial charge in [-0.3, -0.25) is 9.80 Å². The van der Waals surface area contributed by atoms with E-state index in [0.717, 1.165) is 56.8 Å². The standard InChI is InChI=1S/C22H33N7O/c1-17(20-25-21(23)27-22(26-20)24-19-5-3-2-4-6-19)29-11-8-18(9-12-29)7-10-28-13-15-30-16-14-28/h2-6,17-18H,7-16H2,1H3,(H3,23,24,25,26,27). The molecular weight excluding hydrogens is 378 g/mol. The van der Waals surface area contributed by atoms with Crippen LogP contribution in [0.25, 0.3) is 0 Å². The van der Waals surface area contributed by atoms with Crippen LogP contribution in [0.5, 0.6) is 0 Å². The van der Waals surface area contributed by atoms with Crippen molar-refractivity contribution < 1.29 is 4.74 Å². The van der Waals surface area contributed by atoms with Gasteiger partial charge in [-0.05, 0) is 63.9 Å². The first-order valence-corrected chi connectivity index (χ1v) is 11.0. The molecule has 1 aromatic carbocycles. The van der Waals surface area contributed by atoms with Crippen molar-refractivity contribution in [3.05, 3.63) is 36.2 Å². The number of morpholine rings is 1. The van der Waals surface area contributed by atoms with Crippen molar-refractivity contribution in [2.45, 2.75) is 32.2 Å². The number of nitrogen functional groups attached to an aromatic ring is 1. The van der Waals surface area contributed by atoms with Crippen molar-refractivity contribution in [3.63, 3.8) is 0 Å². The van der Waals surface area contributed by atoms with Crippen LogP contribution in [-0.4, -0.2) is 70.7 Å². The molecule has 0 bridgehead atoms. The number of aromatic nitrogens is 3. The number of rotatable bonds is 7. The first-order chi connectivity index (χ1) is 14.7. The molecule has 3 heterocycles. The molecule has 0 spiro atoms. The van der Waals surface area contributed by atoms with Crippen LogP contribution in [0.4, 0.5) is 17.6 Å². The number of hydrogen-bond donors (Lipinski definition) is 2. The molecule has 0 saturated carbocycles. The number of nitrogens with one attached hydrogen (secondary N) is 1. The van der Waals surface area contributed by atoms with Crippen molar-refractivity contribution in [3.8, 4) is 0 Å². The summed E-state index contributed by atoms with van der Waals surface area (Å²) >= 11 is 0. The number of nitrogens with two attached hydrogens (primary N) is 1. The lowest BCUT2D eigenvalue weighted by Gasteiger charge is -2.36. The van der Waals surface area contributed by atoms with Gasteiger partial charge in [0, 0.05) is 18.8 Å². The quantitative estimate of drug-likeness (QED) is 0.718. The highest BCUT2D eigenvalue weighted by Gasteiger charge is 2.26. The van der Waals surface area contributed by atoms with Gasteiger partial charge in [-0.25, -0.2) is 0 Å². The van der Waals surface area contributed by atoms with Crippen LogP contribution in [0.2, 0.25) is 0 Å². The van der Waals surface area contributed by atoms with Gasteiger partial charge in [0.2, 0.25) is 11.9 Å². The lowest BCUT2D eigenvalue weighted by Crippen LogP contribution is -2.40. The molecule has 2 aliphatic rings. The summed E-state index contributed by atoms with van der Waals surface area (Å²) in [6.45, 7) is 9.42. The predicted molar refractivity (Wildman–Crippen MR) is 119 cm³/mol. The number of benzene rings is 1. The number of piperidine rings is 1. The van der Waals surface area contributed by atoms with Gasteiger partial charge in [0.1, 0.15) is 0 Å². The van der Waals surface area contributed by atoms with E-state index in [0.29, 0.717) is 5.95 Å². The van der Waals surface area contributed by atoms with Gasteiger partial charge >= 0.3 is 0 Å². The molecule has 2 aliphatic heterocycles.